The van der Waals surface area contributed by atoms with E-state index >= 15 is 0 Å². The summed E-state index contributed by atoms with van der Waals surface area (Å²) in [5.74, 6) is 0.0287. The van der Waals surface area contributed by atoms with Crippen LogP contribution in [0.15, 0.2) is 48.5 Å². The number of ether oxygens (including phenoxy) is 3. The SMILES string of the molecule is CC(C)c1ccc(OCC(=O)OCC(=O)Nc2ccc(CN3CCOCC3)cc2)cc1. The first-order chi connectivity index (χ1) is 15.0. The Kier molecular flexibility index (Phi) is 8.44. The first-order valence-electron chi connectivity index (χ1n) is 10.6. The number of amides is 1. The van der Waals surface area contributed by atoms with Crippen LogP contribution in [0.5, 0.6) is 5.75 Å². The number of nitrogens with one attached hydrogen (secondary N) is 1. The molecule has 1 saturated heterocycles. The van der Waals surface area contributed by atoms with E-state index in [-0.39, 0.29) is 13.2 Å². The van der Waals surface area contributed by atoms with Crippen molar-refractivity contribution in [2.45, 2.75) is 26.3 Å². The first kappa shape index (κ1) is 22.8. The van der Waals surface area contributed by atoms with Crippen LogP contribution in [0.1, 0.15) is 30.9 Å². The minimum atomic E-state index is -0.594. The fourth-order valence-electron chi connectivity index (χ4n) is 3.19. The third-order valence-corrected chi connectivity index (χ3v) is 5.02. The van der Waals surface area contributed by atoms with Crippen LogP contribution in [0.25, 0.3) is 0 Å². The summed E-state index contributed by atoms with van der Waals surface area (Å²) in [5, 5.41) is 2.73. The fraction of sp³-hybridized carbons (Fsp3) is 0.417. The Balaban J connectivity index is 1.35. The van der Waals surface area contributed by atoms with Crippen molar-refractivity contribution in [1.82, 2.24) is 4.90 Å². The Labute approximate surface area is 183 Å². The number of morpholine rings is 1. The summed E-state index contributed by atoms with van der Waals surface area (Å²) >= 11 is 0. The molecule has 0 saturated carbocycles. The molecule has 166 valence electrons. The summed E-state index contributed by atoms with van der Waals surface area (Å²) in [5.41, 5.74) is 3.03. The van der Waals surface area contributed by atoms with Crippen LogP contribution in [-0.4, -0.2) is 56.3 Å². The third kappa shape index (κ3) is 7.70. The van der Waals surface area contributed by atoms with Gasteiger partial charge in [-0.1, -0.05) is 38.1 Å². The number of benzene rings is 2. The van der Waals surface area contributed by atoms with Gasteiger partial charge in [0.05, 0.1) is 13.2 Å². The maximum absolute atomic E-state index is 12.0. The third-order valence-electron chi connectivity index (χ3n) is 5.02. The molecule has 0 bridgehead atoms. The zero-order valence-electron chi connectivity index (χ0n) is 18.1. The summed E-state index contributed by atoms with van der Waals surface area (Å²) in [7, 11) is 0. The van der Waals surface area contributed by atoms with E-state index in [1.807, 2.05) is 48.5 Å². The van der Waals surface area contributed by atoms with Crippen LogP contribution in [0.2, 0.25) is 0 Å². The molecule has 1 fully saturated rings. The van der Waals surface area contributed by atoms with Crippen molar-refractivity contribution in [3.63, 3.8) is 0 Å². The Morgan fingerprint density at radius 3 is 2.32 bits per heavy atom. The van der Waals surface area contributed by atoms with Crippen LogP contribution in [0.3, 0.4) is 0 Å². The predicted molar refractivity (Wildman–Crippen MR) is 118 cm³/mol. The van der Waals surface area contributed by atoms with E-state index < -0.39 is 11.9 Å². The Bertz CT molecular complexity index is 843. The normalized spacial score (nSPS) is 14.3. The van der Waals surface area contributed by atoms with Crippen molar-refractivity contribution in [3.05, 3.63) is 59.7 Å². The largest absolute Gasteiger partial charge is 0.482 e. The number of hydrogen-bond acceptors (Lipinski definition) is 6. The highest BCUT2D eigenvalue weighted by molar-refractivity contribution is 5.92. The second kappa shape index (κ2) is 11.5. The smallest absolute Gasteiger partial charge is 0.344 e. The van der Waals surface area contributed by atoms with E-state index in [9.17, 15) is 9.59 Å². The Hall–Kier alpha value is -2.90. The number of rotatable bonds is 9. The van der Waals surface area contributed by atoms with Crippen LogP contribution in [0, 0.1) is 0 Å². The van der Waals surface area contributed by atoms with Crippen molar-refractivity contribution in [3.8, 4) is 5.75 Å². The van der Waals surface area contributed by atoms with E-state index in [1.54, 1.807) is 0 Å². The van der Waals surface area contributed by atoms with Gasteiger partial charge >= 0.3 is 5.97 Å². The lowest BCUT2D eigenvalue weighted by Gasteiger charge is -2.26. The zero-order chi connectivity index (χ0) is 22.1. The summed E-state index contributed by atoms with van der Waals surface area (Å²) in [6, 6.07) is 15.2. The maximum Gasteiger partial charge on any atom is 0.344 e. The van der Waals surface area contributed by atoms with Gasteiger partial charge in [-0.3, -0.25) is 9.69 Å². The molecule has 1 heterocycles. The number of carbonyl (C=O) groups excluding carboxylic acids is 2. The van der Waals surface area contributed by atoms with E-state index in [1.165, 1.54) is 11.1 Å². The van der Waals surface area contributed by atoms with E-state index in [2.05, 4.69) is 24.1 Å². The molecule has 1 aliphatic heterocycles. The molecule has 0 atom stereocenters. The second-order valence-electron chi connectivity index (χ2n) is 7.81. The number of esters is 1. The van der Waals surface area contributed by atoms with Crippen LogP contribution >= 0.6 is 0 Å². The maximum atomic E-state index is 12.0. The molecular weight excluding hydrogens is 396 g/mol. The lowest BCUT2D eigenvalue weighted by atomic mass is 10.0. The molecule has 31 heavy (non-hydrogen) atoms. The molecule has 2 aromatic rings. The summed E-state index contributed by atoms with van der Waals surface area (Å²) in [6.07, 6.45) is 0. The molecule has 0 radical (unpaired) electrons. The topological polar surface area (TPSA) is 77.1 Å². The van der Waals surface area contributed by atoms with Gasteiger partial charge in [-0.05, 0) is 41.3 Å². The number of hydrogen-bond donors (Lipinski definition) is 1. The van der Waals surface area contributed by atoms with E-state index in [0.717, 1.165) is 32.8 Å². The van der Waals surface area contributed by atoms with Gasteiger partial charge < -0.3 is 19.5 Å². The molecule has 7 heteroatoms. The van der Waals surface area contributed by atoms with Gasteiger partial charge in [0.1, 0.15) is 5.75 Å². The van der Waals surface area contributed by atoms with Crippen LogP contribution in [0.4, 0.5) is 5.69 Å². The molecule has 1 N–H and O–H groups in total. The minimum absolute atomic E-state index is 0.245. The molecule has 1 aliphatic rings. The second-order valence-corrected chi connectivity index (χ2v) is 7.81. The Morgan fingerprint density at radius 1 is 1.00 bits per heavy atom. The van der Waals surface area contributed by atoms with Crippen molar-refractivity contribution in [1.29, 1.82) is 0 Å². The van der Waals surface area contributed by atoms with Gasteiger partial charge in [-0.15, -0.1) is 0 Å². The highest BCUT2D eigenvalue weighted by Gasteiger charge is 2.12. The summed E-state index contributed by atoms with van der Waals surface area (Å²) in [4.78, 5) is 26.2. The number of anilines is 1. The average Bonchev–Trinajstić information content (AvgIpc) is 2.78. The summed E-state index contributed by atoms with van der Waals surface area (Å²) < 4.78 is 15.8. The fourth-order valence-corrected chi connectivity index (χ4v) is 3.19. The van der Waals surface area contributed by atoms with Gasteiger partial charge in [0.15, 0.2) is 13.2 Å². The van der Waals surface area contributed by atoms with Gasteiger partial charge in [-0.2, -0.15) is 0 Å². The lowest BCUT2D eigenvalue weighted by molar-refractivity contribution is -0.149. The molecule has 3 rings (SSSR count). The van der Waals surface area contributed by atoms with Crippen LogP contribution in [-0.2, 0) is 25.6 Å². The van der Waals surface area contributed by atoms with Crippen molar-refractivity contribution < 1.29 is 23.8 Å². The Morgan fingerprint density at radius 2 is 1.68 bits per heavy atom. The minimum Gasteiger partial charge on any atom is -0.482 e. The molecule has 1 amide bonds. The molecular formula is C24H30N2O5. The molecule has 0 aliphatic carbocycles. The number of carbonyl (C=O) groups is 2. The standard InChI is InChI=1S/C24H30N2O5/c1-18(2)20-5-9-22(10-6-20)30-17-24(28)31-16-23(27)25-21-7-3-19(4-8-21)15-26-11-13-29-14-12-26/h3-10,18H,11-17H2,1-2H3,(H,25,27). The molecule has 2 aromatic carbocycles. The van der Waals surface area contributed by atoms with Crippen molar-refractivity contribution in [2.24, 2.45) is 0 Å². The first-order valence-corrected chi connectivity index (χ1v) is 10.6. The lowest BCUT2D eigenvalue weighted by Crippen LogP contribution is -2.35. The van der Waals surface area contributed by atoms with E-state index in [4.69, 9.17) is 14.2 Å². The van der Waals surface area contributed by atoms with Gasteiger partial charge in [0, 0.05) is 25.3 Å². The average molecular weight is 427 g/mol. The quantitative estimate of drug-likeness (QED) is 0.621. The molecule has 0 unspecified atom stereocenters. The predicted octanol–water partition coefficient (Wildman–Crippen LogP) is 3.20. The van der Waals surface area contributed by atoms with E-state index in [0.29, 0.717) is 17.4 Å². The van der Waals surface area contributed by atoms with Crippen molar-refractivity contribution >= 4 is 17.6 Å². The zero-order valence-corrected chi connectivity index (χ0v) is 18.1. The van der Waals surface area contributed by atoms with Gasteiger partial charge in [0.2, 0.25) is 0 Å². The number of nitrogens with zero attached hydrogens (tertiary/aromatic N) is 1. The van der Waals surface area contributed by atoms with Gasteiger partial charge in [-0.25, -0.2) is 4.79 Å². The summed E-state index contributed by atoms with van der Waals surface area (Å²) in [6.45, 7) is 7.86. The molecule has 0 aromatic heterocycles. The van der Waals surface area contributed by atoms with Gasteiger partial charge in [0.25, 0.3) is 5.91 Å². The molecule has 7 nitrogen and oxygen atoms in total. The highest BCUT2D eigenvalue weighted by Crippen LogP contribution is 2.18. The monoisotopic (exact) mass is 426 g/mol. The molecule has 0 spiro atoms. The van der Waals surface area contributed by atoms with Crippen molar-refractivity contribution in [2.75, 3.05) is 44.8 Å². The highest BCUT2D eigenvalue weighted by atomic mass is 16.6. The van der Waals surface area contributed by atoms with Crippen LogP contribution < -0.4 is 10.1 Å².